The summed E-state index contributed by atoms with van der Waals surface area (Å²) in [5.41, 5.74) is 1.97. The van der Waals surface area contributed by atoms with Gasteiger partial charge in [0, 0.05) is 38.2 Å². The lowest BCUT2D eigenvalue weighted by Crippen LogP contribution is -2.38. The molecule has 1 aromatic carbocycles. The van der Waals surface area contributed by atoms with Crippen molar-refractivity contribution in [2.75, 3.05) is 26.2 Å². The van der Waals surface area contributed by atoms with Crippen LogP contribution in [0, 0.1) is 5.41 Å². The number of carbonyl (C=O) groups excluding carboxylic acids is 2. The van der Waals surface area contributed by atoms with Crippen LogP contribution in [0.2, 0.25) is 0 Å². The largest absolute Gasteiger partial charge is 0.341 e. The molecular formula is C21H32N2O2. The highest BCUT2D eigenvalue weighted by Crippen LogP contribution is 2.21. The Morgan fingerprint density at radius 3 is 2.08 bits per heavy atom. The van der Waals surface area contributed by atoms with Crippen molar-refractivity contribution in [1.82, 2.24) is 9.80 Å². The third-order valence-corrected chi connectivity index (χ3v) is 4.64. The number of carbonyl (C=O) groups is 2. The van der Waals surface area contributed by atoms with Gasteiger partial charge in [-0.15, -0.1) is 0 Å². The van der Waals surface area contributed by atoms with Crippen molar-refractivity contribution in [3.05, 3.63) is 35.4 Å². The standard InChI is InChI=1S/C21H32N2O2/c1-16(2)17-7-9-18(10-8-17)20(25)23-12-6-11-22(13-14-23)19(24)15-21(3,4)5/h7-10,16H,6,11-15H2,1-5H3. The minimum Gasteiger partial charge on any atom is -0.341 e. The Morgan fingerprint density at radius 1 is 0.960 bits per heavy atom. The fraction of sp³-hybridized carbons (Fsp3) is 0.619. The summed E-state index contributed by atoms with van der Waals surface area (Å²) in [6, 6.07) is 7.92. The molecule has 1 aromatic rings. The van der Waals surface area contributed by atoms with Gasteiger partial charge in [0.1, 0.15) is 0 Å². The highest BCUT2D eigenvalue weighted by molar-refractivity contribution is 5.94. The number of hydrogen-bond donors (Lipinski definition) is 0. The molecule has 0 atom stereocenters. The van der Waals surface area contributed by atoms with Gasteiger partial charge in [0.2, 0.25) is 5.91 Å². The van der Waals surface area contributed by atoms with Crippen LogP contribution >= 0.6 is 0 Å². The van der Waals surface area contributed by atoms with Crippen LogP contribution in [-0.4, -0.2) is 47.8 Å². The Hall–Kier alpha value is -1.84. The maximum atomic E-state index is 12.8. The van der Waals surface area contributed by atoms with Crippen LogP contribution in [0.15, 0.2) is 24.3 Å². The Kier molecular flexibility index (Phi) is 6.26. The van der Waals surface area contributed by atoms with Gasteiger partial charge in [-0.25, -0.2) is 0 Å². The van der Waals surface area contributed by atoms with E-state index in [2.05, 4.69) is 34.6 Å². The minimum atomic E-state index is -0.00292. The van der Waals surface area contributed by atoms with Crippen LogP contribution in [0.3, 0.4) is 0 Å². The van der Waals surface area contributed by atoms with Crippen molar-refractivity contribution in [2.45, 2.75) is 53.4 Å². The second-order valence-corrected chi connectivity index (χ2v) is 8.54. The number of nitrogens with zero attached hydrogens (tertiary/aromatic N) is 2. The molecule has 2 amide bonds. The molecular weight excluding hydrogens is 312 g/mol. The van der Waals surface area contributed by atoms with Crippen molar-refractivity contribution in [1.29, 1.82) is 0 Å². The lowest BCUT2D eigenvalue weighted by molar-refractivity contribution is -0.132. The van der Waals surface area contributed by atoms with Gasteiger partial charge >= 0.3 is 0 Å². The minimum absolute atomic E-state index is 0.00292. The molecule has 0 saturated carbocycles. The summed E-state index contributed by atoms with van der Waals surface area (Å²) in [6.07, 6.45) is 1.39. The maximum Gasteiger partial charge on any atom is 0.253 e. The molecule has 1 fully saturated rings. The van der Waals surface area contributed by atoms with Crippen LogP contribution in [0.5, 0.6) is 0 Å². The number of rotatable bonds is 3. The Bertz CT molecular complexity index is 599. The summed E-state index contributed by atoms with van der Waals surface area (Å²) in [5, 5.41) is 0. The van der Waals surface area contributed by atoms with Crippen LogP contribution in [0.4, 0.5) is 0 Å². The number of amides is 2. The van der Waals surface area contributed by atoms with Gasteiger partial charge in [-0.05, 0) is 35.4 Å². The summed E-state index contributed by atoms with van der Waals surface area (Å²) in [4.78, 5) is 29.0. The van der Waals surface area contributed by atoms with Crippen LogP contribution in [0.1, 0.15) is 69.3 Å². The quantitative estimate of drug-likeness (QED) is 0.834. The Labute approximate surface area is 152 Å². The van der Waals surface area contributed by atoms with E-state index in [1.807, 2.05) is 34.1 Å². The van der Waals surface area contributed by atoms with E-state index < -0.39 is 0 Å². The van der Waals surface area contributed by atoms with Crippen molar-refractivity contribution in [3.8, 4) is 0 Å². The smallest absolute Gasteiger partial charge is 0.253 e. The lowest BCUT2D eigenvalue weighted by Gasteiger charge is -2.25. The van der Waals surface area contributed by atoms with Gasteiger partial charge in [-0.1, -0.05) is 46.8 Å². The second-order valence-electron chi connectivity index (χ2n) is 8.54. The molecule has 0 bridgehead atoms. The zero-order valence-corrected chi connectivity index (χ0v) is 16.3. The van der Waals surface area contributed by atoms with Gasteiger partial charge in [0.15, 0.2) is 0 Å². The SMILES string of the molecule is CC(C)c1ccc(C(=O)N2CCCN(C(=O)CC(C)(C)C)CC2)cc1. The van der Waals surface area contributed by atoms with Crippen LogP contribution < -0.4 is 0 Å². The third kappa shape index (κ3) is 5.58. The molecule has 1 aliphatic rings. The molecule has 25 heavy (non-hydrogen) atoms. The first kappa shape index (κ1) is 19.5. The Morgan fingerprint density at radius 2 is 1.52 bits per heavy atom. The van der Waals surface area contributed by atoms with Crippen molar-refractivity contribution < 1.29 is 9.59 Å². The topological polar surface area (TPSA) is 40.6 Å². The van der Waals surface area contributed by atoms with Crippen LogP contribution in [-0.2, 0) is 4.79 Å². The molecule has 138 valence electrons. The van der Waals surface area contributed by atoms with E-state index in [9.17, 15) is 9.59 Å². The first-order chi connectivity index (χ1) is 11.7. The molecule has 4 nitrogen and oxygen atoms in total. The molecule has 1 saturated heterocycles. The second kappa shape index (κ2) is 8.03. The van der Waals surface area contributed by atoms with E-state index in [-0.39, 0.29) is 17.2 Å². The molecule has 1 aliphatic heterocycles. The molecule has 4 heteroatoms. The first-order valence-electron chi connectivity index (χ1n) is 9.34. The normalized spacial score (nSPS) is 16.1. The monoisotopic (exact) mass is 344 g/mol. The molecule has 0 radical (unpaired) electrons. The lowest BCUT2D eigenvalue weighted by atomic mass is 9.91. The van der Waals surface area contributed by atoms with Crippen LogP contribution in [0.25, 0.3) is 0 Å². The van der Waals surface area contributed by atoms with E-state index in [1.54, 1.807) is 0 Å². The average Bonchev–Trinajstić information content (AvgIpc) is 2.78. The predicted octanol–water partition coefficient (Wildman–Crippen LogP) is 3.92. The van der Waals surface area contributed by atoms with Gasteiger partial charge in [-0.2, -0.15) is 0 Å². The van der Waals surface area contributed by atoms with Gasteiger partial charge in [0.05, 0.1) is 0 Å². The third-order valence-electron chi connectivity index (χ3n) is 4.64. The summed E-state index contributed by atoms with van der Waals surface area (Å²) < 4.78 is 0. The van der Waals surface area contributed by atoms with Crippen molar-refractivity contribution in [2.24, 2.45) is 5.41 Å². The first-order valence-corrected chi connectivity index (χ1v) is 9.34. The molecule has 0 unspecified atom stereocenters. The average molecular weight is 344 g/mol. The molecule has 0 aliphatic carbocycles. The predicted molar refractivity (Wildman–Crippen MR) is 102 cm³/mol. The zero-order valence-electron chi connectivity index (χ0n) is 16.3. The van der Waals surface area contributed by atoms with Gasteiger partial charge < -0.3 is 9.80 Å². The Balaban J connectivity index is 1.98. The molecule has 0 spiro atoms. The number of benzene rings is 1. The highest BCUT2D eigenvalue weighted by Gasteiger charge is 2.25. The van der Waals surface area contributed by atoms with Gasteiger partial charge in [-0.3, -0.25) is 9.59 Å². The van der Waals surface area contributed by atoms with Crippen molar-refractivity contribution in [3.63, 3.8) is 0 Å². The molecule has 2 rings (SSSR count). The van der Waals surface area contributed by atoms with E-state index in [1.165, 1.54) is 5.56 Å². The fourth-order valence-electron chi connectivity index (χ4n) is 3.13. The summed E-state index contributed by atoms with van der Waals surface area (Å²) in [6.45, 7) is 13.2. The maximum absolute atomic E-state index is 12.8. The summed E-state index contributed by atoms with van der Waals surface area (Å²) >= 11 is 0. The fourth-order valence-corrected chi connectivity index (χ4v) is 3.13. The summed E-state index contributed by atoms with van der Waals surface area (Å²) in [5.74, 6) is 0.730. The number of hydrogen-bond acceptors (Lipinski definition) is 2. The van der Waals surface area contributed by atoms with Crippen molar-refractivity contribution >= 4 is 11.8 Å². The zero-order chi connectivity index (χ0) is 18.6. The highest BCUT2D eigenvalue weighted by atomic mass is 16.2. The van der Waals surface area contributed by atoms with E-state index in [0.29, 0.717) is 32.0 Å². The van der Waals surface area contributed by atoms with Gasteiger partial charge in [0.25, 0.3) is 5.91 Å². The molecule has 1 heterocycles. The van der Waals surface area contributed by atoms with E-state index in [0.717, 1.165) is 18.5 Å². The summed E-state index contributed by atoms with van der Waals surface area (Å²) in [7, 11) is 0. The van der Waals surface area contributed by atoms with E-state index in [4.69, 9.17) is 0 Å². The van der Waals surface area contributed by atoms with E-state index >= 15 is 0 Å². The molecule has 0 N–H and O–H groups in total. The molecule has 0 aromatic heterocycles.